The fourth-order valence-corrected chi connectivity index (χ4v) is 2.92. The van der Waals surface area contributed by atoms with Crippen molar-refractivity contribution in [2.45, 2.75) is 12.6 Å². The molecule has 1 fully saturated rings. The first kappa shape index (κ1) is 19.6. The van der Waals surface area contributed by atoms with Crippen molar-refractivity contribution in [2.75, 3.05) is 32.8 Å². The van der Waals surface area contributed by atoms with E-state index in [0.29, 0.717) is 17.2 Å². The molecule has 0 aliphatic carbocycles. The normalized spacial score (nSPS) is 16.6. The highest BCUT2D eigenvalue weighted by atomic mass is 19.1. The monoisotopic (exact) mass is 388 g/mol. The average molecular weight is 388 g/mol. The molecule has 1 aliphatic rings. The summed E-state index contributed by atoms with van der Waals surface area (Å²) >= 11 is 0. The topological polar surface area (TPSA) is 77.1 Å². The maximum absolute atomic E-state index is 13.1. The van der Waals surface area contributed by atoms with Crippen molar-refractivity contribution in [3.8, 4) is 11.5 Å². The second kappa shape index (κ2) is 8.71. The molecule has 2 amide bonds. The SMILES string of the molecule is COc1ccc(NC(=O)[C@@H]2COCC(=O)N2Cc2ccc(F)cc2)c(OC)c1. The summed E-state index contributed by atoms with van der Waals surface area (Å²) in [5.41, 5.74) is 1.17. The van der Waals surface area contributed by atoms with Gasteiger partial charge in [-0.05, 0) is 29.8 Å². The van der Waals surface area contributed by atoms with Gasteiger partial charge in [-0.1, -0.05) is 12.1 Å². The number of halogens is 1. The highest BCUT2D eigenvalue weighted by Crippen LogP contribution is 2.29. The average Bonchev–Trinajstić information content (AvgIpc) is 2.71. The minimum absolute atomic E-state index is 0.0667. The number of morpholine rings is 1. The summed E-state index contributed by atoms with van der Waals surface area (Å²) < 4.78 is 28.8. The van der Waals surface area contributed by atoms with E-state index in [0.717, 1.165) is 5.56 Å². The number of anilines is 1. The molecule has 1 saturated heterocycles. The van der Waals surface area contributed by atoms with E-state index in [1.807, 2.05) is 0 Å². The van der Waals surface area contributed by atoms with Crippen LogP contribution < -0.4 is 14.8 Å². The molecule has 0 spiro atoms. The highest BCUT2D eigenvalue weighted by molar-refractivity contribution is 5.99. The second-order valence-electron chi connectivity index (χ2n) is 6.23. The Morgan fingerprint density at radius 1 is 1.21 bits per heavy atom. The van der Waals surface area contributed by atoms with Crippen molar-refractivity contribution in [3.05, 3.63) is 53.8 Å². The van der Waals surface area contributed by atoms with Gasteiger partial charge in [0, 0.05) is 12.6 Å². The van der Waals surface area contributed by atoms with E-state index in [9.17, 15) is 14.0 Å². The van der Waals surface area contributed by atoms with Crippen LogP contribution in [-0.2, 0) is 20.9 Å². The van der Waals surface area contributed by atoms with Crippen molar-refractivity contribution in [1.29, 1.82) is 0 Å². The van der Waals surface area contributed by atoms with Gasteiger partial charge in [-0.25, -0.2) is 4.39 Å². The van der Waals surface area contributed by atoms with Crippen LogP contribution in [0.15, 0.2) is 42.5 Å². The molecule has 7 nitrogen and oxygen atoms in total. The van der Waals surface area contributed by atoms with E-state index in [1.54, 1.807) is 30.3 Å². The van der Waals surface area contributed by atoms with Crippen LogP contribution in [0.25, 0.3) is 0 Å². The summed E-state index contributed by atoms with van der Waals surface area (Å²) in [5, 5.41) is 2.77. The number of ether oxygens (including phenoxy) is 3. The molecule has 1 aliphatic heterocycles. The van der Waals surface area contributed by atoms with E-state index < -0.39 is 11.9 Å². The van der Waals surface area contributed by atoms with Crippen LogP contribution >= 0.6 is 0 Å². The molecule has 2 aromatic carbocycles. The summed E-state index contributed by atoms with van der Waals surface area (Å²) in [6.45, 7) is 0.147. The van der Waals surface area contributed by atoms with Crippen LogP contribution in [0.2, 0.25) is 0 Å². The van der Waals surface area contributed by atoms with Gasteiger partial charge in [-0.15, -0.1) is 0 Å². The Morgan fingerprint density at radius 3 is 2.64 bits per heavy atom. The van der Waals surface area contributed by atoms with Gasteiger partial charge < -0.3 is 24.4 Å². The predicted molar refractivity (Wildman–Crippen MR) is 99.7 cm³/mol. The quantitative estimate of drug-likeness (QED) is 0.821. The van der Waals surface area contributed by atoms with Crippen molar-refractivity contribution in [2.24, 2.45) is 0 Å². The van der Waals surface area contributed by atoms with Gasteiger partial charge in [0.25, 0.3) is 0 Å². The summed E-state index contributed by atoms with van der Waals surface area (Å²) in [4.78, 5) is 26.6. The summed E-state index contributed by atoms with van der Waals surface area (Å²) in [6, 6.07) is 9.98. The maximum atomic E-state index is 13.1. The number of hydrogen-bond donors (Lipinski definition) is 1. The smallest absolute Gasteiger partial charge is 0.249 e. The predicted octanol–water partition coefficient (Wildman–Crippen LogP) is 2.21. The molecule has 1 heterocycles. The van der Waals surface area contributed by atoms with Gasteiger partial charge >= 0.3 is 0 Å². The Hall–Kier alpha value is -3.13. The fourth-order valence-electron chi connectivity index (χ4n) is 2.92. The van der Waals surface area contributed by atoms with Crippen molar-refractivity contribution in [1.82, 2.24) is 4.90 Å². The Morgan fingerprint density at radius 2 is 1.96 bits per heavy atom. The maximum Gasteiger partial charge on any atom is 0.249 e. The molecule has 0 radical (unpaired) electrons. The molecule has 0 bridgehead atoms. The zero-order chi connectivity index (χ0) is 20.1. The first-order valence-corrected chi connectivity index (χ1v) is 8.66. The lowest BCUT2D eigenvalue weighted by Crippen LogP contribution is -2.54. The molecule has 3 rings (SSSR count). The van der Waals surface area contributed by atoms with E-state index in [2.05, 4.69) is 5.32 Å². The number of amides is 2. The van der Waals surface area contributed by atoms with Gasteiger partial charge in [0.05, 0.1) is 26.5 Å². The van der Waals surface area contributed by atoms with Gasteiger partial charge in [0.1, 0.15) is 30.0 Å². The van der Waals surface area contributed by atoms with Crippen LogP contribution in [0, 0.1) is 5.82 Å². The number of nitrogens with one attached hydrogen (secondary N) is 1. The Balaban J connectivity index is 1.78. The highest BCUT2D eigenvalue weighted by Gasteiger charge is 2.34. The summed E-state index contributed by atoms with van der Waals surface area (Å²) in [7, 11) is 3.02. The minimum Gasteiger partial charge on any atom is -0.497 e. The largest absolute Gasteiger partial charge is 0.497 e. The van der Waals surface area contributed by atoms with E-state index in [1.165, 1.54) is 31.3 Å². The molecule has 148 valence electrons. The van der Waals surface area contributed by atoms with E-state index in [-0.39, 0.29) is 31.5 Å². The van der Waals surface area contributed by atoms with Crippen LogP contribution in [0.1, 0.15) is 5.56 Å². The molecule has 0 unspecified atom stereocenters. The van der Waals surface area contributed by atoms with E-state index in [4.69, 9.17) is 14.2 Å². The third-order valence-electron chi connectivity index (χ3n) is 4.43. The number of nitrogens with zero attached hydrogens (tertiary/aromatic N) is 1. The summed E-state index contributed by atoms with van der Waals surface area (Å²) in [5.74, 6) is -0.0567. The lowest BCUT2D eigenvalue weighted by atomic mass is 10.1. The van der Waals surface area contributed by atoms with E-state index >= 15 is 0 Å². The molecule has 1 atom stereocenters. The number of carbonyl (C=O) groups is 2. The summed E-state index contributed by atoms with van der Waals surface area (Å²) in [6.07, 6.45) is 0. The number of methoxy groups -OCH3 is 2. The lowest BCUT2D eigenvalue weighted by molar-refractivity contribution is -0.154. The Labute approximate surface area is 162 Å². The Bertz CT molecular complexity index is 856. The zero-order valence-corrected chi connectivity index (χ0v) is 15.6. The fraction of sp³-hybridized carbons (Fsp3) is 0.300. The van der Waals surface area contributed by atoms with Crippen LogP contribution in [0.4, 0.5) is 10.1 Å². The minimum atomic E-state index is -0.821. The lowest BCUT2D eigenvalue weighted by Gasteiger charge is -2.34. The molecule has 1 N–H and O–H groups in total. The second-order valence-corrected chi connectivity index (χ2v) is 6.23. The van der Waals surface area contributed by atoms with Crippen molar-refractivity contribution >= 4 is 17.5 Å². The molecule has 0 aromatic heterocycles. The van der Waals surface area contributed by atoms with Crippen LogP contribution in [0.3, 0.4) is 0 Å². The van der Waals surface area contributed by atoms with Crippen molar-refractivity contribution < 1.29 is 28.2 Å². The number of carbonyl (C=O) groups excluding carboxylic acids is 2. The third-order valence-corrected chi connectivity index (χ3v) is 4.43. The Kier molecular flexibility index (Phi) is 6.10. The molecule has 2 aromatic rings. The van der Waals surface area contributed by atoms with Crippen LogP contribution in [-0.4, -0.2) is 50.2 Å². The van der Waals surface area contributed by atoms with Crippen LogP contribution in [0.5, 0.6) is 11.5 Å². The number of hydrogen-bond acceptors (Lipinski definition) is 5. The third kappa shape index (κ3) is 4.40. The van der Waals surface area contributed by atoms with Gasteiger partial charge in [-0.2, -0.15) is 0 Å². The van der Waals surface area contributed by atoms with Gasteiger partial charge in [-0.3, -0.25) is 9.59 Å². The zero-order valence-electron chi connectivity index (χ0n) is 15.6. The molecule has 8 heteroatoms. The molecule has 0 saturated carbocycles. The van der Waals surface area contributed by atoms with Crippen molar-refractivity contribution in [3.63, 3.8) is 0 Å². The number of rotatable bonds is 6. The number of benzene rings is 2. The standard InChI is InChI=1S/C20H21FN2O5/c1-26-15-7-8-16(18(9-15)27-2)22-20(25)17-11-28-12-19(24)23(17)10-13-3-5-14(21)6-4-13/h3-9,17H,10-12H2,1-2H3,(H,22,25)/t17-/m0/s1. The van der Waals surface area contributed by atoms with Gasteiger partial charge in [0.2, 0.25) is 11.8 Å². The molecular formula is C20H21FN2O5. The molecular weight excluding hydrogens is 367 g/mol. The first-order chi connectivity index (χ1) is 13.5. The van der Waals surface area contributed by atoms with Gasteiger partial charge in [0.15, 0.2) is 0 Å². The first-order valence-electron chi connectivity index (χ1n) is 8.66. The molecule has 28 heavy (non-hydrogen) atoms.